The average molecular weight is 537 g/mol. The van der Waals surface area contributed by atoms with Crippen molar-refractivity contribution in [1.82, 2.24) is 9.55 Å². The summed E-state index contributed by atoms with van der Waals surface area (Å²) in [7, 11) is 1.79. The molecule has 0 spiro atoms. The first-order valence-corrected chi connectivity index (χ1v) is 12.4. The van der Waals surface area contributed by atoms with E-state index in [4.69, 9.17) is 4.74 Å². The number of anilines is 1. The maximum atomic E-state index is 14.0. The van der Waals surface area contributed by atoms with Gasteiger partial charge in [0, 0.05) is 41.5 Å². The lowest BCUT2D eigenvalue weighted by Crippen LogP contribution is -2.22. The number of halogens is 2. The van der Waals surface area contributed by atoms with E-state index in [2.05, 4.69) is 20.0 Å². The molecule has 0 bridgehead atoms. The number of ether oxygens (including phenoxy) is 2. The maximum absolute atomic E-state index is 14.0. The summed E-state index contributed by atoms with van der Waals surface area (Å²) in [4.78, 5) is 22.9. The van der Waals surface area contributed by atoms with E-state index in [1.807, 2.05) is 31.2 Å². The topological polar surface area (TPSA) is 98.0 Å². The van der Waals surface area contributed by atoms with Gasteiger partial charge < -0.3 is 19.9 Å². The summed E-state index contributed by atoms with van der Waals surface area (Å²) in [6.07, 6.45) is 1.66. The Morgan fingerprint density at radius 3 is 2.51 bits per heavy atom. The van der Waals surface area contributed by atoms with E-state index >= 15 is 0 Å². The molecule has 0 unspecified atom stereocenters. The van der Waals surface area contributed by atoms with E-state index in [9.17, 15) is 18.7 Å². The van der Waals surface area contributed by atoms with Crippen LogP contribution in [-0.4, -0.2) is 53.3 Å². The van der Waals surface area contributed by atoms with Crippen molar-refractivity contribution in [2.75, 3.05) is 25.5 Å². The highest BCUT2D eigenvalue weighted by Gasteiger charge is 2.17. The Morgan fingerprint density at radius 2 is 1.87 bits per heavy atom. The molecule has 0 aliphatic carbocycles. The minimum Gasteiger partial charge on any atom is -0.478 e. The highest BCUT2D eigenvalue weighted by Crippen LogP contribution is 2.28. The van der Waals surface area contributed by atoms with Crippen LogP contribution in [0.15, 0.2) is 70.5 Å². The molecule has 0 fully saturated rings. The Balaban J connectivity index is 1.90. The molecule has 8 nitrogen and oxygen atoms in total. The van der Waals surface area contributed by atoms with E-state index in [0.717, 1.165) is 11.3 Å². The highest BCUT2D eigenvalue weighted by atomic mass is 19.3. The van der Waals surface area contributed by atoms with Crippen LogP contribution >= 0.6 is 0 Å². The van der Waals surface area contributed by atoms with Gasteiger partial charge in [0.25, 0.3) is 5.56 Å². The second-order valence-corrected chi connectivity index (χ2v) is 9.40. The van der Waals surface area contributed by atoms with E-state index in [1.54, 1.807) is 39.2 Å². The third-order valence-corrected chi connectivity index (χ3v) is 5.78. The Hall–Kier alpha value is -4.31. The number of hydrogen-bond acceptors (Lipinski definition) is 7. The molecule has 4 rings (SSSR count). The fourth-order valence-electron chi connectivity index (χ4n) is 4.05. The summed E-state index contributed by atoms with van der Waals surface area (Å²) in [5.41, 5.74) is 2.06. The van der Waals surface area contributed by atoms with Crippen molar-refractivity contribution in [3.8, 4) is 28.4 Å². The summed E-state index contributed by atoms with van der Waals surface area (Å²) < 4.78 is 36.8. The van der Waals surface area contributed by atoms with E-state index in [0.29, 0.717) is 40.3 Å². The number of fused-ring (bicyclic) bond motifs is 1. The lowest BCUT2D eigenvalue weighted by Gasteiger charge is -2.15. The van der Waals surface area contributed by atoms with Gasteiger partial charge >= 0.3 is 6.61 Å². The molecule has 4 aromatic rings. The predicted molar refractivity (Wildman–Crippen MR) is 149 cm³/mol. The standard InChI is InChI=1S/C29H30F2N4O4/c1-5-38-25-13-7-19-15-23(18-6-12-24(32-4)20(14-18)16-33-17-29(2,3)37)27(36)35(26(19)34-25)21-8-10-22(11-9-21)39-28(30)31/h6-16,28,32,37H,5,17H2,1-4H3. The zero-order chi connectivity index (χ0) is 28.2. The van der Waals surface area contributed by atoms with E-state index < -0.39 is 12.2 Å². The van der Waals surface area contributed by atoms with Crippen LogP contribution in [0.4, 0.5) is 14.5 Å². The number of aliphatic imine (C=N–C) groups is 1. The molecule has 2 heterocycles. The molecule has 204 valence electrons. The van der Waals surface area contributed by atoms with Gasteiger partial charge in [0.1, 0.15) is 5.75 Å². The molecule has 2 aromatic heterocycles. The SMILES string of the molecule is CCOc1ccc2cc(-c3ccc(NC)c(C=NCC(C)(C)O)c3)c(=O)n(-c3ccc(OC(F)F)cc3)c2n1. The molecule has 2 N–H and O–H groups in total. The van der Waals surface area contributed by atoms with Crippen LogP contribution < -0.4 is 20.3 Å². The number of nitrogens with one attached hydrogen (secondary N) is 1. The molecule has 0 saturated heterocycles. The third kappa shape index (κ3) is 6.58. The number of benzene rings is 2. The van der Waals surface area contributed by atoms with Gasteiger partial charge in [-0.3, -0.25) is 14.4 Å². The van der Waals surface area contributed by atoms with Crippen molar-refractivity contribution in [3.63, 3.8) is 0 Å². The number of hydrogen-bond donors (Lipinski definition) is 2. The highest BCUT2D eigenvalue weighted by molar-refractivity contribution is 5.91. The molecule has 2 aromatic carbocycles. The summed E-state index contributed by atoms with van der Waals surface area (Å²) in [6.45, 7) is 2.84. The number of alkyl halides is 2. The molecule has 0 radical (unpaired) electrons. The van der Waals surface area contributed by atoms with E-state index in [1.165, 1.54) is 28.8 Å². The second kappa shape index (κ2) is 11.6. The van der Waals surface area contributed by atoms with Crippen LogP contribution in [-0.2, 0) is 0 Å². The lowest BCUT2D eigenvalue weighted by molar-refractivity contribution is -0.0498. The van der Waals surface area contributed by atoms with Crippen molar-refractivity contribution in [2.45, 2.75) is 33.0 Å². The Labute approximate surface area is 224 Å². The van der Waals surface area contributed by atoms with Crippen LogP contribution in [0.5, 0.6) is 11.6 Å². The number of aromatic nitrogens is 2. The largest absolute Gasteiger partial charge is 0.478 e. The molecular formula is C29H30F2N4O4. The number of nitrogens with zero attached hydrogens (tertiary/aromatic N) is 3. The summed E-state index contributed by atoms with van der Waals surface area (Å²) >= 11 is 0. The number of pyridine rings is 2. The van der Waals surface area contributed by atoms with Crippen LogP contribution in [0.2, 0.25) is 0 Å². The second-order valence-electron chi connectivity index (χ2n) is 9.40. The summed E-state index contributed by atoms with van der Waals surface area (Å²) in [5.74, 6) is 0.329. The monoisotopic (exact) mass is 536 g/mol. The van der Waals surface area contributed by atoms with Gasteiger partial charge in [-0.25, -0.2) is 0 Å². The molecule has 0 aliphatic rings. The minimum atomic E-state index is -2.96. The Morgan fingerprint density at radius 1 is 1.13 bits per heavy atom. The first kappa shape index (κ1) is 27.7. The first-order chi connectivity index (χ1) is 18.6. The van der Waals surface area contributed by atoms with Crippen molar-refractivity contribution >= 4 is 22.9 Å². The number of aliphatic hydroxyl groups is 1. The molecule has 0 atom stereocenters. The Bertz CT molecular complexity index is 1540. The van der Waals surface area contributed by atoms with Gasteiger partial charge in [-0.15, -0.1) is 0 Å². The van der Waals surface area contributed by atoms with Gasteiger partial charge in [-0.2, -0.15) is 13.8 Å². The smallest absolute Gasteiger partial charge is 0.387 e. The lowest BCUT2D eigenvalue weighted by atomic mass is 10.0. The van der Waals surface area contributed by atoms with Crippen LogP contribution in [0, 0.1) is 0 Å². The van der Waals surface area contributed by atoms with Crippen LogP contribution in [0.25, 0.3) is 27.8 Å². The van der Waals surface area contributed by atoms with Crippen molar-refractivity contribution in [2.24, 2.45) is 4.99 Å². The van der Waals surface area contributed by atoms with Crippen molar-refractivity contribution in [1.29, 1.82) is 0 Å². The van der Waals surface area contributed by atoms with Gasteiger partial charge in [-0.05, 0) is 74.9 Å². The number of rotatable bonds is 10. The molecule has 10 heteroatoms. The van der Waals surface area contributed by atoms with Crippen molar-refractivity contribution < 1.29 is 23.4 Å². The fraction of sp³-hybridized carbons (Fsp3) is 0.276. The molecule has 0 aliphatic heterocycles. The molecular weight excluding hydrogens is 506 g/mol. The third-order valence-electron chi connectivity index (χ3n) is 5.78. The van der Waals surface area contributed by atoms with E-state index in [-0.39, 0.29) is 17.9 Å². The predicted octanol–water partition coefficient (Wildman–Crippen LogP) is 5.28. The fourth-order valence-corrected chi connectivity index (χ4v) is 4.05. The summed E-state index contributed by atoms with van der Waals surface area (Å²) in [6, 6.07) is 16.6. The Kier molecular flexibility index (Phi) is 8.25. The molecule has 0 saturated carbocycles. The van der Waals surface area contributed by atoms with Crippen LogP contribution in [0.1, 0.15) is 26.3 Å². The maximum Gasteiger partial charge on any atom is 0.387 e. The quantitative estimate of drug-likeness (QED) is 0.268. The van der Waals surface area contributed by atoms with Gasteiger partial charge in [0.2, 0.25) is 5.88 Å². The minimum absolute atomic E-state index is 0.0251. The van der Waals surface area contributed by atoms with Crippen molar-refractivity contribution in [3.05, 3.63) is 76.6 Å². The molecule has 39 heavy (non-hydrogen) atoms. The zero-order valence-electron chi connectivity index (χ0n) is 22.1. The van der Waals surface area contributed by atoms with Gasteiger partial charge in [0.15, 0.2) is 5.65 Å². The zero-order valence-corrected chi connectivity index (χ0v) is 22.1. The normalized spacial score (nSPS) is 11.9. The average Bonchev–Trinajstić information content (AvgIpc) is 2.88. The van der Waals surface area contributed by atoms with Gasteiger partial charge in [0.05, 0.1) is 24.4 Å². The van der Waals surface area contributed by atoms with Crippen LogP contribution in [0.3, 0.4) is 0 Å². The summed E-state index contributed by atoms with van der Waals surface area (Å²) in [5, 5.41) is 13.8. The van der Waals surface area contributed by atoms with Gasteiger partial charge in [-0.1, -0.05) is 6.07 Å². The molecule has 0 amide bonds. The first-order valence-electron chi connectivity index (χ1n) is 12.4.